The lowest BCUT2D eigenvalue weighted by atomic mass is 10.2. The highest BCUT2D eigenvalue weighted by molar-refractivity contribution is 7.91. The van der Waals surface area contributed by atoms with E-state index in [4.69, 9.17) is 16.1 Å². The Hall–Kier alpha value is -1.96. The molecule has 0 aliphatic rings. The number of nitrogens with one attached hydrogen (secondary N) is 1. The molecule has 0 aliphatic carbocycles. The number of rotatable bonds is 6. The van der Waals surface area contributed by atoms with Crippen LogP contribution in [0.3, 0.4) is 0 Å². The summed E-state index contributed by atoms with van der Waals surface area (Å²) in [6.07, 6.45) is -0.662. The minimum atomic E-state index is -4.11. The first kappa shape index (κ1) is 15.1. The molecule has 4 N–H and O–H groups in total. The van der Waals surface area contributed by atoms with Crippen LogP contribution in [0.15, 0.2) is 16.3 Å². The number of thiophene rings is 1. The SMILES string of the molecule is N#Cc1ccc(S(=O)(=O)N[C@@H](CC(N)=O)C(=O)O)s1. The number of hydrogen-bond acceptors (Lipinski definition) is 6. The van der Waals surface area contributed by atoms with Crippen molar-refractivity contribution in [1.29, 1.82) is 5.26 Å². The van der Waals surface area contributed by atoms with Gasteiger partial charge in [-0.05, 0) is 12.1 Å². The Morgan fingerprint density at radius 1 is 1.53 bits per heavy atom. The van der Waals surface area contributed by atoms with Crippen LogP contribution in [-0.4, -0.2) is 31.4 Å². The first-order valence-electron chi connectivity index (χ1n) is 4.79. The number of nitrogens with zero attached hydrogens (tertiary/aromatic N) is 1. The van der Waals surface area contributed by atoms with Crippen molar-refractivity contribution in [3.63, 3.8) is 0 Å². The predicted octanol–water partition coefficient (Wildman–Crippen LogP) is -0.773. The maximum atomic E-state index is 11.8. The zero-order chi connectivity index (χ0) is 14.6. The molecule has 1 aromatic heterocycles. The molecule has 0 aromatic carbocycles. The predicted molar refractivity (Wildman–Crippen MR) is 64.6 cm³/mol. The molecule has 1 aromatic rings. The second-order valence-electron chi connectivity index (χ2n) is 3.41. The van der Waals surface area contributed by atoms with Crippen LogP contribution >= 0.6 is 11.3 Å². The molecule has 1 heterocycles. The monoisotopic (exact) mass is 303 g/mol. The molecule has 1 rings (SSSR count). The van der Waals surface area contributed by atoms with Crippen molar-refractivity contribution >= 4 is 33.2 Å². The summed E-state index contributed by atoms with van der Waals surface area (Å²) in [7, 11) is -4.11. The van der Waals surface area contributed by atoms with Gasteiger partial charge in [0.2, 0.25) is 5.91 Å². The Kier molecular flexibility index (Phi) is 4.60. The van der Waals surface area contributed by atoms with Gasteiger partial charge in [0.05, 0.1) is 6.42 Å². The summed E-state index contributed by atoms with van der Waals surface area (Å²) in [5.41, 5.74) is 4.84. The fourth-order valence-corrected chi connectivity index (χ4v) is 3.46. The van der Waals surface area contributed by atoms with Crippen molar-refractivity contribution in [2.24, 2.45) is 5.73 Å². The summed E-state index contributed by atoms with van der Waals surface area (Å²) in [5, 5.41) is 17.4. The summed E-state index contributed by atoms with van der Waals surface area (Å²) in [4.78, 5) is 21.7. The van der Waals surface area contributed by atoms with Gasteiger partial charge in [0.15, 0.2) is 0 Å². The van der Waals surface area contributed by atoms with Gasteiger partial charge in [-0.2, -0.15) is 9.98 Å². The highest BCUT2D eigenvalue weighted by Gasteiger charge is 2.27. The second kappa shape index (κ2) is 5.79. The highest BCUT2D eigenvalue weighted by Crippen LogP contribution is 2.21. The van der Waals surface area contributed by atoms with Gasteiger partial charge in [-0.3, -0.25) is 9.59 Å². The van der Waals surface area contributed by atoms with Crippen molar-refractivity contribution in [3.8, 4) is 6.07 Å². The quantitative estimate of drug-likeness (QED) is 0.627. The molecule has 0 spiro atoms. The molecular formula is C9H9N3O5S2. The van der Waals surface area contributed by atoms with E-state index in [1.165, 1.54) is 12.1 Å². The number of carbonyl (C=O) groups is 2. The molecule has 8 nitrogen and oxygen atoms in total. The standard InChI is InChI=1S/C9H9N3O5S2/c10-4-5-1-2-8(18-5)19(16,17)12-6(9(14)15)3-7(11)13/h1-2,6,12H,3H2,(H2,11,13)(H,14,15)/t6-/m0/s1. The molecule has 1 atom stereocenters. The molecule has 0 fully saturated rings. The summed E-state index contributed by atoms with van der Waals surface area (Å²) in [6.45, 7) is 0. The van der Waals surface area contributed by atoms with E-state index < -0.39 is 34.4 Å². The van der Waals surface area contributed by atoms with E-state index in [1.807, 2.05) is 4.72 Å². The number of nitrogens with two attached hydrogens (primary N) is 1. The van der Waals surface area contributed by atoms with Gasteiger partial charge in [-0.1, -0.05) is 0 Å². The number of primary amides is 1. The molecule has 10 heteroatoms. The molecule has 1 amide bonds. The Labute approximate surface area is 112 Å². The van der Waals surface area contributed by atoms with E-state index in [1.54, 1.807) is 6.07 Å². The van der Waals surface area contributed by atoms with Gasteiger partial charge < -0.3 is 10.8 Å². The van der Waals surface area contributed by atoms with Crippen molar-refractivity contribution in [2.75, 3.05) is 0 Å². The minimum absolute atomic E-state index is 0.169. The van der Waals surface area contributed by atoms with Crippen LogP contribution in [0.1, 0.15) is 11.3 Å². The lowest BCUT2D eigenvalue weighted by molar-refractivity contribution is -0.140. The number of nitriles is 1. The molecule has 19 heavy (non-hydrogen) atoms. The van der Waals surface area contributed by atoms with Crippen LogP contribution in [0, 0.1) is 11.3 Å². The zero-order valence-electron chi connectivity index (χ0n) is 9.36. The number of aliphatic carboxylic acids is 1. The number of sulfonamides is 1. The fraction of sp³-hybridized carbons (Fsp3) is 0.222. The molecule has 0 bridgehead atoms. The molecule has 0 saturated heterocycles. The Bertz CT molecular complexity index is 643. The van der Waals surface area contributed by atoms with Crippen LogP contribution in [-0.2, 0) is 19.6 Å². The molecule has 0 saturated carbocycles. The first-order chi connectivity index (χ1) is 8.76. The van der Waals surface area contributed by atoms with Crippen LogP contribution in [0.25, 0.3) is 0 Å². The van der Waals surface area contributed by atoms with Crippen molar-refractivity contribution < 1.29 is 23.1 Å². The van der Waals surface area contributed by atoms with E-state index in [-0.39, 0.29) is 9.09 Å². The van der Waals surface area contributed by atoms with Crippen molar-refractivity contribution in [2.45, 2.75) is 16.7 Å². The van der Waals surface area contributed by atoms with Gasteiger partial charge in [-0.15, -0.1) is 11.3 Å². The van der Waals surface area contributed by atoms with Crippen LogP contribution in [0.2, 0.25) is 0 Å². The first-order valence-corrected chi connectivity index (χ1v) is 7.09. The van der Waals surface area contributed by atoms with Gasteiger partial charge in [-0.25, -0.2) is 8.42 Å². The Morgan fingerprint density at radius 2 is 2.16 bits per heavy atom. The average molecular weight is 303 g/mol. The fourth-order valence-electron chi connectivity index (χ4n) is 1.15. The molecule has 0 radical (unpaired) electrons. The van der Waals surface area contributed by atoms with Crippen LogP contribution < -0.4 is 10.5 Å². The molecule has 0 aliphatic heterocycles. The molecule has 102 valence electrons. The second-order valence-corrected chi connectivity index (χ2v) is 6.44. The number of carboxylic acids is 1. The smallest absolute Gasteiger partial charge is 0.322 e. The lowest BCUT2D eigenvalue weighted by Gasteiger charge is -2.11. The number of amides is 1. The largest absolute Gasteiger partial charge is 0.480 e. The Balaban J connectivity index is 2.97. The third-order valence-electron chi connectivity index (χ3n) is 1.96. The summed E-state index contributed by atoms with van der Waals surface area (Å²) in [5.74, 6) is -2.46. The molecular weight excluding hydrogens is 294 g/mol. The van der Waals surface area contributed by atoms with Crippen molar-refractivity contribution in [1.82, 2.24) is 4.72 Å². The van der Waals surface area contributed by atoms with E-state index in [0.29, 0.717) is 11.3 Å². The van der Waals surface area contributed by atoms with E-state index in [0.717, 1.165) is 0 Å². The molecule has 0 unspecified atom stereocenters. The topological polar surface area (TPSA) is 150 Å². The van der Waals surface area contributed by atoms with Gasteiger partial charge in [0, 0.05) is 0 Å². The van der Waals surface area contributed by atoms with Gasteiger partial charge in [0.25, 0.3) is 10.0 Å². The summed E-state index contributed by atoms with van der Waals surface area (Å²) in [6, 6.07) is 2.59. The average Bonchev–Trinajstić information content (AvgIpc) is 2.76. The van der Waals surface area contributed by atoms with Gasteiger partial charge >= 0.3 is 5.97 Å². The normalized spacial score (nSPS) is 12.6. The third kappa shape index (κ3) is 4.02. The maximum Gasteiger partial charge on any atom is 0.322 e. The summed E-state index contributed by atoms with van der Waals surface area (Å²) >= 11 is 0.692. The number of carbonyl (C=O) groups excluding carboxylic acids is 1. The Morgan fingerprint density at radius 3 is 2.58 bits per heavy atom. The van der Waals surface area contributed by atoms with Crippen molar-refractivity contribution in [3.05, 3.63) is 17.0 Å². The minimum Gasteiger partial charge on any atom is -0.480 e. The van der Waals surface area contributed by atoms with E-state index in [2.05, 4.69) is 0 Å². The van der Waals surface area contributed by atoms with Crippen LogP contribution in [0.4, 0.5) is 0 Å². The van der Waals surface area contributed by atoms with Gasteiger partial charge in [0.1, 0.15) is 21.2 Å². The summed E-state index contributed by atoms with van der Waals surface area (Å²) < 4.78 is 25.3. The third-order valence-corrected chi connectivity index (χ3v) is 4.91. The maximum absolute atomic E-state index is 11.8. The van der Waals surface area contributed by atoms with Crippen LogP contribution in [0.5, 0.6) is 0 Å². The zero-order valence-corrected chi connectivity index (χ0v) is 11.0. The van der Waals surface area contributed by atoms with E-state index in [9.17, 15) is 18.0 Å². The van der Waals surface area contributed by atoms with E-state index >= 15 is 0 Å². The lowest BCUT2D eigenvalue weighted by Crippen LogP contribution is -2.43. The number of hydrogen-bond donors (Lipinski definition) is 3. The number of carboxylic acid groups (broad SMARTS) is 1. The highest BCUT2D eigenvalue weighted by atomic mass is 32.2.